The number of thiazole rings is 1. The second kappa shape index (κ2) is 30.4. The van der Waals surface area contributed by atoms with Crippen LogP contribution in [0, 0.1) is 55.2 Å². The minimum Gasteiger partial charge on any atom is -0.489 e. The molecule has 7 aromatic carbocycles. The van der Waals surface area contributed by atoms with Gasteiger partial charge >= 0.3 is 5.97 Å². The van der Waals surface area contributed by atoms with Crippen LogP contribution in [0.4, 0.5) is 4.39 Å². The number of nitrogens with one attached hydrogen (secondary N) is 3. The number of carbonyl (C=O) groups excluding carboxylic acids is 5. The molecule has 4 aromatic heterocycles. The molecule has 3 aliphatic carbocycles. The maximum atomic E-state index is 15.1. The van der Waals surface area contributed by atoms with Gasteiger partial charge in [0, 0.05) is 80.4 Å². The molecular weight excluding hydrogens is 1320 g/mol. The third-order valence-corrected chi connectivity index (χ3v) is 20.5. The number of hydrogen-bond acceptors (Lipinski definition) is 17. The highest BCUT2D eigenvalue weighted by molar-refractivity contribution is 7.09. The predicted molar refractivity (Wildman–Crippen MR) is 382 cm³/mol. The van der Waals surface area contributed by atoms with E-state index in [1.165, 1.54) is 18.1 Å². The van der Waals surface area contributed by atoms with E-state index in [0.29, 0.717) is 50.2 Å². The monoisotopic (exact) mass is 1390 g/mol. The minimum atomic E-state index is -1.01. The van der Waals surface area contributed by atoms with Crippen molar-refractivity contribution in [1.29, 1.82) is 0 Å². The second-order valence-electron chi connectivity index (χ2n) is 26.5. The summed E-state index contributed by atoms with van der Waals surface area (Å²) in [5.74, 6) is -2.70. The molecule has 0 radical (unpaired) electrons. The summed E-state index contributed by atoms with van der Waals surface area (Å²) in [6, 6.07) is 59.8. The summed E-state index contributed by atoms with van der Waals surface area (Å²) in [4.78, 5) is 81.1. The maximum absolute atomic E-state index is 15.1. The van der Waals surface area contributed by atoms with Crippen LogP contribution < -0.4 is 30.7 Å². The molecule has 4 heterocycles. The number of halogens is 1. The van der Waals surface area contributed by atoms with E-state index in [2.05, 4.69) is 27.1 Å². The first-order valence-corrected chi connectivity index (χ1v) is 34.2. The summed E-state index contributed by atoms with van der Waals surface area (Å²) in [5, 5.41) is 33.1. The maximum Gasteiger partial charge on any atom is 0.312 e. The van der Waals surface area contributed by atoms with Crippen LogP contribution in [-0.2, 0) is 73.2 Å². The molecule has 6 N–H and O–H groups in total. The summed E-state index contributed by atoms with van der Waals surface area (Å²) in [6.07, 6.45) is 2.53. The van der Waals surface area contributed by atoms with Crippen molar-refractivity contribution in [1.82, 2.24) is 41.3 Å². The number of esters is 1. The second-order valence-corrected chi connectivity index (χ2v) is 27.4. The Labute approximate surface area is 592 Å². The first-order valence-electron chi connectivity index (χ1n) is 33.3. The number of amides is 4. The van der Waals surface area contributed by atoms with Gasteiger partial charge in [-0.1, -0.05) is 115 Å². The molecule has 0 aliphatic heterocycles. The summed E-state index contributed by atoms with van der Waals surface area (Å²) in [5.41, 5.74) is 15.8. The van der Waals surface area contributed by atoms with E-state index < -0.39 is 46.3 Å². The van der Waals surface area contributed by atoms with Gasteiger partial charge in [0.05, 0.1) is 57.9 Å². The van der Waals surface area contributed by atoms with E-state index >= 15 is 4.39 Å². The van der Waals surface area contributed by atoms with Gasteiger partial charge in [-0.2, -0.15) is 0 Å². The molecule has 522 valence electrons. The Morgan fingerprint density at radius 2 is 0.971 bits per heavy atom. The number of benzene rings is 7. The Morgan fingerprint density at radius 3 is 1.48 bits per heavy atom. The van der Waals surface area contributed by atoms with Gasteiger partial charge in [0.25, 0.3) is 0 Å². The average molecular weight is 1390 g/mol. The normalized spacial score (nSPS) is 19.0. The third-order valence-electron chi connectivity index (χ3n) is 19.3. The Balaban J connectivity index is 0.000000145. The number of aromatic nitrogens is 4. The van der Waals surface area contributed by atoms with Crippen molar-refractivity contribution >= 4 is 73.6 Å². The van der Waals surface area contributed by atoms with E-state index in [1.807, 2.05) is 189 Å². The first kappa shape index (κ1) is 70.8. The fraction of sp³-hybridized carbons (Fsp3) is 0.263. The van der Waals surface area contributed by atoms with Crippen molar-refractivity contribution in [3.05, 3.63) is 255 Å². The van der Waals surface area contributed by atoms with E-state index in [1.54, 1.807) is 48.5 Å². The Bertz CT molecular complexity index is 4930. The third kappa shape index (κ3) is 15.5. The van der Waals surface area contributed by atoms with E-state index in [0.717, 1.165) is 99.6 Å². The number of aryl methyl sites for hydroxylation is 3. The number of hydrogen-bond donors (Lipinski definition) is 6. The average Bonchev–Trinajstić information content (AvgIpc) is 1.57. The first-order chi connectivity index (χ1) is 49.3. The van der Waals surface area contributed by atoms with Gasteiger partial charge in [-0.3, -0.25) is 49.6 Å². The molecule has 3 fully saturated rings. The van der Waals surface area contributed by atoms with E-state index in [-0.39, 0.29) is 48.3 Å². The molecule has 20 nitrogen and oxygen atoms in total. The van der Waals surface area contributed by atoms with Crippen molar-refractivity contribution in [2.75, 3.05) is 21.2 Å². The van der Waals surface area contributed by atoms with Gasteiger partial charge in [0.15, 0.2) is 11.6 Å². The van der Waals surface area contributed by atoms with Crippen LogP contribution in [0.15, 0.2) is 193 Å². The lowest BCUT2D eigenvalue weighted by molar-refractivity contribution is -0.149. The largest absolute Gasteiger partial charge is 0.489 e. The summed E-state index contributed by atoms with van der Waals surface area (Å²) < 4.78 is 38.0. The highest BCUT2D eigenvalue weighted by Crippen LogP contribution is 2.59. The zero-order chi connectivity index (χ0) is 71.9. The highest BCUT2D eigenvalue weighted by Gasteiger charge is 2.65. The summed E-state index contributed by atoms with van der Waals surface area (Å²) in [6.45, 7) is 6.92. The van der Waals surface area contributed by atoms with Crippen LogP contribution in [0.3, 0.4) is 0 Å². The van der Waals surface area contributed by atoms with Crippen LogP contribution in [0.1, 0.15) is 74.7 Å². The van der Waals surface area contributed by atoms with Gasteiger partial charge in [-0.15, -0.1) is 11.3 Å². The van der Waals surface area contributed by atoms with Gasteiger partial charge in [-0.25, -0.2) is 30.8 Å². The molecule has 6 atom stereocenters. The lowest BCUT2D eigenvalue weighted by atomic mass is 9.92. The molecule has 3 saturated carbocycles. The molecule has 14 rings (SSSR count). The van der Waals surface area contributed by atoms with Crippen molar-refractivity contribution in [3.8, 4) is 28.5 Å². The molecule has 3 aliphatic rings. The topological polar surface area (TPSA) is 274 Å². The number of rotatable bonds is 22. The predicted octanol–water partition coefficient (Wildman–Crippen LogP) is 13.0. The van der Waals surface area contributed by atoms with Crippen molar-refractivity contribution < 1.29 is 62.9 Å². The number of ether oxygens (including phenoxy) is 4. The molecule has 102 heavy (non-hydrogen) atoms. The number of methoxy groups -OCH3 is 1. The molecule has 0 unspecified atom stereocenters. The molecule has 11 aromatic rings. The molecule has 0 saturated heterocycles. The SMILES string of the molecule is CN(C)C(=O)[C@@]1(Cc2ccc(OCc3cc(-c4ccccc4)nc4ccccc34)c(F)c2)C[C@@H]1C(=O)NO.COC(=O)[C@@]1(Cc2ccc(OCc3cc(C)nc4ccccc34)cc2)C[C@@H]1C(=O)NO.Cc1csc([C@@]2(Cc3ccc(OCc4cc(C)nc5ccccc45)cc3)C[C@@H]2C(=O)NO)n1. The van der Waals surface area contributed by atoms with Crippen LogP contribution in [0.2, 0.25) is 0 Å². The smallest absolute Gasteiger partial charge is 0.312 e. The molecular formula is C80H77FN8O12S. The summed E-state index contributed by atoms with van der Waals surface area (Å²) >= 11 is 1.58. The number of fused-ring (bicyclic) bond motifs is 3. The standard InChI is InChI=1S/C30H28FN3O4.C26H25N3O3S.C24H24N2O5/c1-34(2)29(36)30(17-23(30)28(35)33-37)16-19-12-13-27(24(31)14-19)38-18-21-15-26(20-8-4-3-5-9-20)32-25-11-7-6-10-22(21)25;1-16-11-19(21-5-3-4-6-23(21)27-16)14-32-20-9-7-18(8-10-20)12-26(13-22(26)24(30)29-31)25-28-17(2)15-33-25;1-15-11-17(19-5-3-4-6-21(19)25-15)14-31-18-9-7-16(8-10-18)12-24(23(28)30-2)13-20(24)22(27)26-29/h3-15,23,37H,16-18H2,1-2H3,(H,33,35);3-11,15,22,31H,12-14H2,1-2H3,(H,29,30);3-11,20,29H,12-14H2,1-2H3,(H,26,27)/t23-,30+;22-,26+;20-,24+/m111/s1. The molecule has 22 heteroatoms. The van der Waals surface area contributed by atoms with Crippen molar-refractivity contribution in [2.24, 2.45) is 28.6 Å². The molecule has 4 amide bonds. The number of carbonyl (C=O) groups is 5. The fourth-order valence-corrected chi connectivity index (χ4v) is 14.9. The number of nitrogens with zero attached hydrogens (tertiary/aromatic N) is 5. The number of hydroxylamine groups is 3. The minimum absolute atomic E-state index is 0.0874. The zero-order valence-electron chi connectivity index (χ0n) is 57.1. The number of para-hydroxylation sites is 3. The Hall–Kier alpha value is -11.0. The highest BCUT2D eigenvalue weighted by atomic mass is 32.1. The van der Waals surface area contributed by atoms with Crippen LogP contribution >= 0.6 is 11.3 Å². The van der Waals surface area contributed by atoms with Crippen LogP contribution in [-0.4, -0.2) is 91.3 Å². The summed E-state index contributed by atoms with van der Waals surface area (Å²) in [7, 11) is 4.53. The van der Waals surface area contributed by atoms with Gasteiger partial charge in [-0.05, 0) is 149 Å². The lowest BCUT2D eigenvalue weighted by Crippen LogP contribution is -2.36. The lowest BCUT2D eigenvalue weighted by Gasteiger charge is -2.21. The van der Waals surface area contributed by atoms with Gasteiger partial charge < -0.3 is 23.8 Å². The fourth-order valence-electron chi connectivity index (χ4n) is 13.8. The molecule has 0 bridgehead atoms. The van der Waals surface area contributed by atoms with Crippen molar-refractivity contribution in [3.63, 3.8) is 0 Å². The van der Waals surface area contributed by atoms with Crippen molar-refractivity contribution in [2.45, 2.75) is 84.5 Å². The Kier molecular flexibility index (Phi) is 21.1. The van der Waals surface area contributed by atoms with Gasteiger partial charge in [0.2, 0.25) is 23.6 Å². The molecule has 0 spiro atoms. The quantitative estimate of drug-likeness (QED) is 0.0209. The van der Waals surface area contributed by atoms with Crippen LogP contribution in [0.5, 0.6) is 17.2 Å². The number of pyridine rings is 3. The van der Waals surface area contributed by atoms with Crippen LogP contribution in [0.25, 0.3) is 44.0 Å². The van der Waals surface area contributed by atoms with E-state index in [4.69, 9.17) is 39.6 Å². The van der Waals surface area contributed by atoms with Gasteiger partial charge in [0.1, 0.15) is 36.3 Å². The zero-order valence-corrected chi connectivity index (χ0v) is 57.9. The van der Waals surface area contributed by atoms with E-state index in [9.17, 15) is 24.0 Å². The Morgan fingerprint density at radius 1 is 0.510 bits per heavy atom.